The predicted octanol–water partition coefficient (Wildman–Crippen LogP) is 0.504. The smallest absolute Gasteiger partial charge is 0.147 e. The first kappa shape index (κ1) is 18.4. The second-order valence-corrected chi connectivity index (χ2v) is 7.85. The van der Waals surface area contributed by atoms with Gasteiger partial charge in [-0.1, -0.05) is 30.9 Å². The topological polar surface area (TPSA) is 12.5 Å². The number of halogens is 1. The molecule has 0 aliphatic carbocycles. The third kappa shape index (κ3) is 4.76. The maximum atomic E-state index is 5.39. The molecule has 0 aromatic heterocycles. The van der Waals surface area contributed by atoms with Crippen LogP contribution in [0, 0.1) is 0 Å². The lowest BCUT2D eigenvalue weighted by molar-refractivity contribution is -0.00000441. The lowest BCUT2D eigenvalue weighted by Gasteiger charge is -2.28. The Labute approximate surface area is 128 Å². The van der Waals surface area contributed by atoms with E-state index in [4.69, 9.17) is 4.74 Å². The van der Waals surface area contributed by atoms with Gasteiger partial charge in [-0.2, -0.15) is 4.67 Å². The van der Waals surface area contributed by atoms with Gasteiger partial charge in [0.2, 0.25) is 0 Å². The molecule has 19 heavy (non-hydrogen) atoms. The molecule has 1 aromatic carbocycles. The van der Waals surface area contributed by atoms with Gasteiger partial charge in [-0.05, 0) is 19.1 Å². The van der Waals surface area contributed by atoms with E-state index in [0.29, 0.717) is 6.61 Å². The van der Waals surface area contributed by atoms with Gasteiger partial charge in [-0.25, -0.2) is 0 Å². The summed E-state index contributed by atoms with van der Waals surface area (Å²) in [5.41, 5.74) is 0. The van der Waals surface area contributed by atoms with Crippen LogP contribution in [0.1, 0.15) is 6.92 Å². The van der Waals surface area contributed by atoms with E-state index in [2.05, 4.69) is 55.4 Å². The van der Waals surface area contributed by atoms with Crippen LogP contribution < -0.4 is 22.3 Å². The Morgan fingerprint density at radius 2 is 1.89 bits per heavy atom. The van der Waals surface area contributed by atoms with Crippen molar-refractivity contribution in [2.75, 3.05) is 26.9 Å². The standard InChI is InChI=1S/C15H23NOP.BrH/c1-5-13-18(16(3)4,14-12-17-6-2)15-10-8-7-9-11-15;/h5,7-12,14H,1,6,13H2,2-4H3;1H/q+1;/p-1/b14-12+;. The fourth-order valence-electron chi connectivity index (χ4n) is 1.90. The summed E-state index contributed by atoms with van der Waals surface area (Å²) >= 11 is 0. The zero-order chi connectivity index (χ0) is 13.4. The molecule has 0 heterocycles. The SMILES string of the molecule is C=CC[P+](/C=C/OCC)(c1ccccc1)N(C)C.[Br-]. The van der Waals surface area contributed by atoms with Crippen LogP contribution in [0.3, 0.4) is 0 Å². The second kappa shape index (κ2) is 9.30. The van der Waals surface area contributed by atoms with Gasteiger partial charge in [0.1, 0.15) is 31.0 Å². The first-order chi connectivity index (χ1) is 8.67. The molecular weight excluding hydrogens is 321 g/mol. The Bertz CT molecular complexity index is 394. The normalized spacial score (nSPS) is 13.9. The number of hydrogen-bond donors (Lipinski definition) is 0. The van der Waals surface area contributed by atoms with Crippen molar-refractivity contribution in [3.63, 3.8) is 0 Å². The Morgan fingerprint density at radius 1 is 1.26 bits per heavy atom. The van der Waals surface area contributed by atoms with Gasteiger partial charge in [0.15, 0.2) is 0 Å². The highest BCUT2D eigenvalue weighted by atomic mass is 79.9. The van der Waals surface area contributed by atoms with Crippen LogP contribution in [-0.4, -0.2) is 31.5 Å². The number of benzene rings is 1. The molecule has 0 aliphatic heterocycles. The van der Waals surface area contributed by atoms with Gasteiger partial charge >= 0.3 is 0 Å². The first-order valence-electron chi connectivity index (χ1n) is 6.18. The van der Waals surface area contributed by atoms with Crippen LogP contribution >= 0.6 is 7.41 Å². The second-order valence-electron chi connectivity index (χ2n) is 4.22. The van der Waals surface area contributed by atoms with Crippen molar-refractivity contribution < 1.29 is 21.7 Å². The van der Waals surface area contributed by atoms with Crippen molar-refractivity contribution in [2.24, 2.45) is 0 Å². The first-order valence-corrected chi connectivity index (χ1v) is 8.18. The van der Waals surface area contributed by atoms with E-state index in [1.165, 1.54) is 5.30 Å². The quantitative estimate of drug-likeness (QED) is 0.406. The molecule has 1 atom stereocenters. The molecule has 0 radical (unpaired) electrons. The third-order valence-electron chi connectivity index (χ3n) is 2.89. The average Bonchev–Trinajstić information content (AvgIpc) is 2.38. The van der Waals surface area contributed by atoms with Crippen LogP contribution in [0.2, 0.25) is 0 Å². The van der Waals surface area contributed by atoms with Gasteiger partial charge in [-0.3, -0.25) is 0 Å². The summed E-state index contributed by atoms with van der Waals surface area (Å²) < 4.78 is 7.70. The lowest BCUT2D eigenvalue weighted by Crippen LogP contribution is -3.00. The highest BCUT2D eigenvalue weighted by molar-refractivity contribution is 7.83. The monoisotopic (exact) mass is 343 g/mol. The largest absolute Gasteiger partial charge is 1.00 e. The zero-order valence-electron chi connectivity index (χ0n) is 11.9. The minimum absolute atomic E-state index is 0. The maximum Gasteiger partial charge on any atom is 0.147 e. The molecule has 0 aliphatic rings. The van der Waals surface area contributed by atoms with E-state index in [1.54, 1.807) is 0 Å². The third-order valence-corrected chi connectivity index (χ3v) is 6.94. The maximum absolute atomic E-state index is 5.39. The van der Waals surface area contributed by atoms with Crippen molar-refractivity contribution >= 4 is 12.7 Å². The molecule has 1 rings (SSSR count). The van der Waals surface area contributed by atoms with E-state index in [0.717, 1.165) is 6.16 Å². The molecule has 0 spiro atoms. The fourth-order valence-corrected chi connectivity index (χ4v) is 4.83. The minimum atomic E-state index is -1.54. The van der Waals surface area contributed by atoms with E-state index in [-0.39, 0.29) is 17.0 Å². The molecule has 0 saturated carbocycles. The van der Waals surface area contributed by atoms with Gasteiger partial charge < -0.3 is 21.7 Å². The van der Waals surface area contributed by atoms with Crippen molar-refractivity contribution in [1.29, 1.82) is 0 Å². The van der Waals surface area contributed by atoms with Gasteiger partial charge in [-0.15, -0.1) is 0 Å². The molecule has 0 amide bonds. The summed E-state index contributed by atoms with van der Waals surface area (Å²) in [5.74, 6) is 2.22. The Balaban J connectivity index is 0.00000324. The van der Waals surface area contributed by atoms with Crippen LogP contribution in [0.25, 0.3) is 0 Å². The van der Waals surface area contributed by atoms with Crippen LogP contribution in [0.5, 0.6) is 0 Å². The predicted molar refractivity (Wildman–Crippen MR) is 82.5 cm³/mol. The zero-order valence-corrected chi connectivity index (χ0v) is 14.4. The van der Waals surface area contributed by atoms with Gasteiger partial charge in [0.25, 0.3) is 0 Å². The molecule has 4 heteroatoms. The van der Waals surface area contributed by atoms with Crippen molar-refractivity contribution in [3.8, 4) is 0 Å². The van der Waals surface area contributed by atoms with E-state index < -0.39 is 7.41 Å². The number of nitrogens with zero attached hydrogens (tertiary/aromatic N) is 1. The van der Waals surface area contributed by atoms with E-state index in [1.807, 2.05) is 25.3 Å². The molecule has 106 valence electrons. The Hall–Kier alpha value is -0.630. The fraction of sp³-hybridized carbons (Fsp3) is 0.333. The highest BCUT2D eigenvalue weighted by Gasteiger charge is 2.39. The summed E-state index contributed by atoms with van der Waals surface area (Å²) in [6.07, 6.45) is 4.79. The number of allylic oxidation sites excluding steroid dienone is 1. The molecule has 1 aromatic rings. The molecule has 0 bridgehead atoms. The molecule has 0 N–H and O–H groups in total. The molecule has 2 nitrogen and oxygen atoms in total. The van der Waals surface area contributed by atoms with Crippen molar-refractivity contribution in [3.05, 3.63) is 55.1 Å². The summed E-state index contributed by atoms with van der Waals surface area (Å²) in [6, 6.07) is 10.6. The van der Waals surface area contributed by atoms with Gasteiger partial charge in [0, 0.05) is 14.1 Å². The van der Waals surface area contributed by atoms with Crippen molar-refractivity contribution in [1.82, 2.24) is 4.67 Å². The molecular formula is C15H23BrNOP. The van der Waals surface area contributed by atoms with Crippen LogP contribution in [0.4, 0.5) is 0 Å². The summed E-state index contributed by atoms with van der Waals surface area (Å²) in [5, 5.41) is 1.35. The number of hydrogen-bond acceptors (Lipinski definition) is 2. The van der Waals surface area contributed by atoms with E-state index >= 15 is 0 Å². The Kier molecular flexibility index (Phi) is 8.99. The Morgan fingerprint density at radius 3 is 2.37 bits per heavy atom. The van der Waals surface area contributed by atoms with E-state index in [9.17, 15) is 0 Å². The number of ether oxygens (including phenoxy) is 1. The summed E-state index contributed by atoms with van der Waals surface area (Å²) in [4.78, 5) is 0. The van der Waals surface area contributed by atoms with Gasteiger partial charge in [0.05, 0.1) is 6.61 Å². The molecule has 1 unspecified atom stereocenters. The highest BCUT2D eigenvalue weighted by Crippen LogP contribution is 2.60. The van der Waals surface area contributed by atoms with Crippen LogP contribution in [-0.2, 0) is 4.74 Å². The van der Waals surface area contributed by atoms with Crippen molar-refractivity contribution in [2.45, 2.75) is 6.92 Å². The summed E-state index contributed by atoms with van der Waals surface area (Å²) in [7, 11) is 2.71. The average molecular weight is 344 g/mol. The molecule has 0 fully saturated rings. The summed E-state index contributed by atoms with van der Waals surface area (Å²) in [6.45, 7) is 6.61. The number of rotatable bonds is 7. The lowest BCUT2D eigenvalue weighted by atomic mass is 10.4. The van der Waals surface area contributed by atoms with Crippen LogP contribution in [0.15, 0.2) is 55.1 Å². The minimum Gasteiger partial charge on any atom is -1.00 e. The molecule has 0 saturated heterocycles.